The predicted molar refractivity (Wildman–Crippen MR) is 67.8 cm³/mol. The minimum absolute atomic E-state index is 0.00335. The monoisotopic (exact) mass is 248 g/mol. The number of benzene rings is 1. The molecule has 1 aliphatic rings. The summed E-state index contributed by atoms with van der Waals surface area (Å²) >= 11 is 0. The van der Waals surface area contributed by atoms with Crippen molar-refractivity contribution in [2.24, 2.45) is 0 Å². The fraction of sp³-hybridized carbons (Fsp3) is 0.385. The van der Waals surface area contributed by atoms with E-state index >= 15 is 0 Å². The van der Waals surface area contributed by atoms with Crippen LogP contribution in [0.15, 0.2) is 18.2 Å². The Hall–Kier alpha value is -2.04. The van der Waals surface area contributed by atoms with Crippen molar-refractivity contribution in [2.45, 2.75) is 25.7 Å². The number of carbonyl (C=O) groups excluding carboxylic acids is 1. The lowest BCUT2D eigenvalue weighted by atomic mass is 9.83. The van der Waals surface area contributed by atoms with Crippen LogP contribution in [0.1, 0.15) is 25.0 Å². The minimum Gasteiger partial charge on any atom is -0.465 e. The standard InChI is InChI=1S/C13H16N2O3/c1-13(2,7-14-12(17)18)9-3-4-10-8(5-9)6-11(16)15-10/h3-5,14H,6-7H2,1-2H3,(H,15,16)(H,17,18). The van der Waals surface area contributed by atoms with Crippen LogP contribution < -0.4 is 10.6 Å². The van der Waals surface area contributed by atoms with Crippen molar-refractivity contribution in [3.05, 3.63) is 29.3 Å². The highest BCUT2D eigenvalue weighted by molar-refractivity contribution is 5.99. The van der Waals surface area contributed by atoms with Gasteiger partial charge >= 0.3 is 6.09 Å². The average molecular weight is 248 g/mol. The molecule has 0 unspecified atom stereocenters. The number of fused-ring (bicyclic) bond motifs is 1. The molecule has 1 aromatic carbocycles. The molecular formula is C13H16N2O3. The molecule has 0 aromatic heterocycles. The first-order valence-corrected chi connectivity index (χ1v) is 5.78. The molecule has 0 fully saturated rings. The molecule has 5 heteroatoms. The Morgan fingerprint density at radius 3 is 2.89 bits per heavy atom. The fourth-order valence-electron chi connectivity index (χ4n) is 2.05. The summed E-state index contributed by atoms with van der Waals surface area (Å²) in [5.41, 5.74) is 2.54. The molecule has 0 atom stereocenters. The van der Waals surface area contributed by atoms with Crippen LogP contribution in [0.5, 0.6) is 0 Å². The molecule has 0 bridgehead atoms. The Labute approximate surface area is 105 Å². The topological polar surface area (TPSA) is 78.4 Å². The number of hydrogen-bond donors (Lipinski definition) is 3. The van der Waals surface area contributed by atoms with Crippen molar-refractivity contribution in [2.75, 3.05) is 11.9 Å². The van der Waals surface area contributed by atoms with Crippen molar-refractivity contribution >= 4 is 17.7 Å². The molecule has 2 rings (SSSR count). The van der Waals surface area contributed by atoms with Gasteiger partial charge in [0.15, 0.2) is 0 Å². The lowest BCUT2D eigenvalue weighted by Gasteiger charge is -2.25. The smallest absolute Gasteiger partial charge is 0.404 e. The van der Waals surface area contributed by atoms with Crippen LogP contribution in [0.25, 0.3) is 0 Å². The van der Waals surface area contributed by atoms with E-state index in [-0.39, 0.29) is 11.3 Å². The second-order valence-corrected chi connectivity index (χ2v) is 5.14. The summed E-state index contributed by atoms with van der Waals surface area (Å²) < 4.78 is 0. The average Bonchev–Trinajstić information content (AvgIpc) is 2.65. The highest BCUT2D eigenvalue weighted by Gasteiger charge is 2.25. The summed E-state index contributed by atoms with van der Waals surface area (Å²) in [5.74, 6) is 0.00335. The highest BCUT2D eigenvalue weighted by Crippen LogP contribution is 2.29. The Balaban J connectivity index is 2.21. The number of carbonyl (C=O) groups is 2. The lowest BCUT2D eigenvalue weighted by Crippen LogP contribution is -2.35. The normalized spacial score (nSPS) is 14.0. The van der Waals surface area contributed by atoms with Crippen LogP contribution in [-0.4, -0.2) is 23.7 Å². The maximum atomic E-state index is 11.3. The van der Waals surface area contributed by atoms with Crippen LogP contribution >= 0.6 is 0 Å². The van der Waals surface area contributed by atoms with Gasteiger partial charge in [0.1, 0.15) is 0 Å². The zero-order valence-electron chi connectivity index (χ0n) is 10.4. The van der Waals surface area contributed by atoms with Gasteiger partial charge in [0.25, 0.3) is 0 Å². The van der Waals surface area contributed by atoms with E-state index in [9.17, 15) is 9.59 Å². The maximum absolute atomic E-state index is 11.3. The second-order valence-electron chi connectivity index (χ2n) is 5.14. The Bertz CT molecular complexity index is 509. The first-order chi connectivity index (χ1) is 8.38. The van der Waals surface area contributed by atoms with Crippen LogP contribution in [0, 0.1) is 0 Å². The van der Waals surface area contributed by atoms with Gasteiger partial charge in [0.2, 0.25) is 5.91 Å². The molecule has 0 aliphatic carbocycles. The number of carboxylic acid groups (broad SMARTS) is 1. The largest absolute Gasteiger partial charge is 0.465 e. The van der Waals surface area contributed by atoms with Crippen molar-refractivity contribution in [3.63, 3.8) is 0 Å². The summed E-state index contributed by atoms with van der Waals surface area (Å²) in [5, 5.41) is 13.8. The molecule has 2 amide bonds. The van der Waals surface area contributed by atoms with Gasteiger partial charge in [-0.05, 0) is 17.2 Å². The van der Waals surface area contributed by atoms with Gasteiger partial charge < -0.3 is 15.7 Å². The number of nitrogens with one attached hydrogen (secondary N) is 2. The zero-order valence-corrected chi connectivity index (χ0v) is 10.4. The molecule has 1 heterocycles. The predicted octanol–water partition coefficient (Wildman–Crippen LogP) is 1.73. The third-order valence-electron chi connectivity index (χ3n) is 3.19. The van der Waals surface area contributed by atoms with Gasteiger partial charge in [-0.1, -0.05) is 26.0 Å². The first-order valence-electron chi connectivity index (χ1n) is 5.78. The molecule has 1 aliphatic heterocycles. The Kier molecular flexibility index (Phi) is 2.98. The Morgan fingerprint density at radius 1 is 1.50 bits per heavy atom. The van der Waals surface area contributed by atoms with Gasteiger partial charge in [-0.2, -0.15) is 0 Å². The molecule has 0 spiro atoms. The van der Waals surface area contributed by atoms with E-state index in [2.05, 4.69) is 10.6 Å². The summed E-state index contributed by atoms with van der Waals surface area (Å²) in [6, 6.07) is 5.77. The SMILES string of the molecule is CC(C)(CNC(=O)O)c1ccc2c(c1)CC(=O)N2. The third-order valence-corrected chi connectivity index (χ3v) is 3.19. The maximum Gasteiger partial charge on any atom is 0.404 e. The van der Waals surface area contributed by atoms with Crippen LogP contribution in [0.2, 0.25) is 0 Å². The van der Waals surface area contributed by atoms with Gasteiger partial charge in [-0.15, -0.1) is 0 Å². The van der Waals surface area contributed by atoms with E-state index < -0.39 is 6.09 Å². The summed E-state index contributed by atoms with van der Waals surface area (Å²) in [4.78, 5) is 21.8. The molecule has 18 heavy (non-hydrogen) atoms. The molecular weight excluding hydrogens is 232 g/mol. The van der Waals surface area contributed by atoms with Crippen LogP contribution in [0.3, 0.4) is 0 Å². The molecule has 3 N–H and O–H groups in total. The summed E-state index contributed by atoms with van der Waals surface area (Å²) in [6.45, 7) is 4.27. The second kappa shape index (κ2) is 4.33. The van der Waals surface area contributed by atoms with Crippen LogP contribution in [-0.2, 0) is 16.6 Å². The van der Waals surface area contributed by atoms with E-state index in [1.165, 1.54) is 0 Å². The molecule has 5 nitrogen and oxygen atoms in total. The quantitative estimate of drug-likeness (QED) is 0.762. The number of hydrogen-bond acceptors (Lipinski definition) is 2. The van der Waals surface area contributed by atoms with Gasteiger partial charge in [0, 0.05) is 17.6 Å². The first kappa shape index (κ1) is 12.4. The van der Waals surface area contributed by atoms with Gasteiger partial charge in [-0.3, -0.25) is 4.79 Å². The van der Waals surface area contributed by atoms with Crippen molar-refractivity contribution in [1.82, 2.24) is 5.32 Å². The van der Waals surface area contributed by atoms with Crippen molar-refractivity contribution in [1.29, 1.82) is 0 Å². The van der Waals surface area contributed by atoms with E-state index in [1.54, 1.807) is 0 Å². The van der Waals surface area contributed by atoms with E-state index in [1.807, 2.05) is 32.0 Å². The summed E-state index contributed by atoms with van der Waals surface area (Å²) in [7, 11) is 0. The van der Waals surface area contributed by atoms with E-state index in [4.69, 9.17) is 5.11 Å². The minimum atomic E-state index is -1.03. The third kappa shape index (κ3) is 2.45. The number of amides is 2. The van der Waals surface area contributed by atoms with Crippen molar-refractivity contribution in [3.8, 4) is 0 Å². The van der Waals surface area contributed by atoms with Gasteiger partial charge in [-0.25, -0.2) is 4.79 Å². The van der Waals surface area contributed by atoms with E-state index in [0.717, 1.165) is 16.8 Å². The molecule has 0 saturated heterocycles. The van der Waals surface area contributed by atoms with Crippen molar-refractivity contribution < 1.29 is 14.7 Å². The zero-order chi connectivity index (χ0) is 13.3. The molecule has 0 saturated carbocycles. The van der Waals surface area contributed by atoms with Crippen LogP contribution in [0.4, 0.5) is 10.5 Å². The Morgan fingerprint density at radius 2 is 2.22 bits per heavy atom. The molecule has 96 valence electrons. The van der Waals surface area contributed by atoms with Gasteiger partial charge in [0.05, 0.1) is 6.42 Å². The number of anilines is 1. The lowest BCUT2D eigenvalue weighted by molar-refractivity contribution is -0.115. The highest BCUT2D eigenvalue weighted by atomic mass is 16.4. The molecule has 0 radical (unpaired) electrons. The van der Waals surface area contributed by atoms with E-state index in [0.29, 0.717) is 13.0 Å². The fourth-order valence-corrected chi connectivity index (χ4v) is 2.05. The summed E-state index contributed by atoms with van der Waals surface area (Å²) in [6.07, 6.45) is -0.632. The molecule has 1 aromatic rings. The number of rotatable bonds is 3.